The van der Waals surface area contributed by atoms with E-state index < -0.39 is 24.3 Å². The van der Waals surface area contributed by atoms with Gasteiger partial charge in [0.25, 0.3) is 5.91 Å². The summed E-state index contributed by atoms with van der Waals surface area (Å²) in [6.07, 6.45) is 0. The maximum atomic E-state index is 13.6. The zero-order valence-corrected chi connectivity index (χ0v) is 14.0. The van der Waals surface area contributed by atoms with Crippen LogP contribution in [0.15, 0.2) is 53.0 Å². The van der Waals surface area contributed by atoms with Crippen LogP contribution in [0.1, 0.15) is 28.9 Å². The van der Waals surface area contributed by atoms with Gasteiger partial charge in [-0.3, -0.25) is 4.79 Å². The molecule has 120 valence electrons. The number of benzene rings is 2. The van der Waals surface area contributed by atoms with Crippen LogP contribution in [0, 0.1) is 5.82 Å². The van der Waals surface area contributed by atoms with Gasteiger partial charge in [0.05, 0.1) is 11.6 Å². The lowest BCUT2D eigenvalue weighted by molar-refractivity contribution is -0.124. The van der Waals surface area contributed by atoms with Crippen LogP contribution in [0.4, 0.5) is 4.39 Å². The molecule has 23 heavy (non-hydrogen) atoms. The molecule has 0 aliphatic heterocycles. The van der Waals surface area contributed by atoms with Crippen molar-refractivity contribution in [3.63, 3.8) is 0 Å². The molecule has 2 rings (SSSR count). The summed E-state index contributed by atoms with van der Waals surface area (Å²) in [6.45, 7) is 1.36. The summed E-state index contributed by atoms with van der Waals surface area (Å²) in [7, 11) is 0. The molecular formula is C17H15BrFNO3. The monoisotopic (exact) mass is 379 g/mol. The van der Waals surface area contributed by atoms with Crippen LogP contribution >= 0.6 is 15.9 Å². The van der Waals surface area contributed by atoms with Crippen molar-refractivity contribution >= 4 is 27.8 Å². The molecule has 6 heteroatoms. The van der Waals surface area contributed by atoms with Crippen LogP contribution in [0.3, 0.4) is 0 Å². The maximum absolute atomic E-state index is 13.6. The van der Waals surface area contributed by atoms with E-state index in [-0.39, 0.29) is 11.6 Å². The topological polar surface area (TPSA) is 55.4 Å². The third-order valence-electron chi connectivity index (χ3n) is 3.16. The molecule has 0 fully saturated rings. The molecule has 0 aliphatic carbocycles. The second-order valence-corrected chi connectivity index (χ2v) is 5.82. The van der Waals surface area contributed by atoms with Gasteiger partial charge in [0.15, 0.2) is 6.61 Å². The normalized spacial score (nSPS) is 11.6. The highest BCUT2D eigenvalue weighted by Crippen LogP contribution is 2.16. The molecule has 0 saturated heterocycles. The molecule has 1 N–H and O–H groups in total. The molecular weight excluding hydrogens is 365 g/mol. The Balaban J connectivity index is 1.88. The Morgan fingerprint density at radius 3 is 2.57 bits per heavy atom. The molecule has 2 aromatic rings. The fraction of sp³-hybridized carbons (Fsp3) is 0.176. The Morgan fingerprint density at radius 2 is 1.91 bits per heavy atom. The smallest absolute Gasteiger partial charge is 0.341 e. The van der Waals surface area contributed by atoms with Crippen molar-refractivity contribution in [3.05, 3.63) is 69.9 Å². The number of rotatable bonds is 5. The van der Waals surface area contributed by atoms with Crippen molar-refractivity contribution < 1.29 is 18.7 Å². The minimum Gasteiger partial charge on any atom is -0.452 e. The van der Waals surface area contributed by atoms with Gasteiger partial charge in [-0.2, -0.15) is 0 Å². The summed E-state index contributed by atoms with van der Waals surface area (Å²) in [5, 5.41) is 2.71. The molecule has 0 bridgehead atoms. The first-order valence-electron chi connectivity index (χ1n) is 6.94. The summed E-state index contributed by atoms with van der Waals surface area (Å²) in [6, 6.07) is 13.2. The van der Waals surface area contributed by atoms with E-state index in [4.69, 9.17) is 4.74 Å². The minimum atomic E-state index is -0.877. The lowest BCUT2D eigenvalue weighted by atomic mass is 10.1. The predicted octanol–water partition coefficient (Wildman–Crippen LogP) is 3.62. The Kier molecular flexibility index (Phi) is 5.87. The second-order valence-electron chi connectivity index (χ2n) is 4.90. The number of hydrogen-bond donors (Lipinski definition) is 1. The van der Waals surface area contributed by atoms with E-state index in [0.29, 0.717) is 4.47 Å². The van der Waals surface area contributed by atoms with Gasteiger partial charge in [0.1, 0.15) is 5.82 Å². The van der Waals surface area contributed by atoms with Gasteiger partial charge in [0, 0.05) is 4.47 Å². The van der Waals surface area contributed by atoms with Crippen molar-refractivity contribution in [1.29, 1.82) is 0 Å². The summed E-state index contributed by atoms with van der Waals surface area (Å²) >= 11 is 3.10. The number of hydrogen-bond acceptors (Lipinski definition) is 3. The maximum Gasteiger partial charge on any atom is 0.341 e. The number of halogens is 2. The number of carbonyl (C=O) groups is 2. The number of nitrogens with one attached hydrogen (secondary N) is 1. The van der Waals surface area contributed by atoms with Gasteiger partial charge in [-0.15, -0.1) is 0 Å². The largest absolute Gasteiger partial charge is 0.452 e. The van der Waals surface area contributed by atoms with Crippen molar-refractivity contribution in [3.8, 4) is 0 Å². The molecule has 0 aromatic heterocycles. The molecule has 1 amide bonds. The Morgan fingerprint density at radius 1 is 1.22 bits per heavy atom. The molecule has 0 heterocycles. The highest BCUT2D eigenvalue weighted by molar-refractivity contribution is 9.10. The summed E-state index contributed by atoms with van der Waals surface area (Å²) in [5.41, 5.74) is 0.725. The average molecular weight is 380 g/mol. The van der Waals surface area contributed by atoms with Crippen molar-refractivity contribution in [2.45, 2.75) is 13.0 Å². The van der Waals surface area contributed by atoms with Gasteiger partial charge in [0.2, 0.25) is 0 Å². The van der Waals surface area contributed by atoms with E-state index >= 15 is 0 Å². The van der Waals surface area contributed by atoms with E-state index in [2.05, 4.69) is 21.2 Å². The first kappa shape index (κ1) is 17.1. The average Bonchev–Trinajstić information content (AvgIpc) is 2.53. The highest BCUT2D eigenvalue weighted by Gasteiger charge is 2.16. The molecule has 0 saturated carbocycles. The Labute approximate surface area is 141 Å². The number of esters is 1. The number of amides is 1. The predicted molar refractivity (Wildman–Crippen MR) is 87.4 cm³/mol. The molecule has 2 aromatic carbocycles. The first-order valence-corrected chi connectivity index (χ1v) is 7.73. The van der Waals surface area contributed by atoms with Gasteiger partial charge < -0.3 is 10.1 Å². The lowest BCUT2D eigenvalue weighted by Crippen LogP contribution is -2.31. The number of ether oxygens (including phenoxy) is 1. The van der Waals surface area contributed by atoms with Crippen LogP contribution in [0.25, 0.3) is 0 Å². The van der Waals surface area contributed by atoms with Crippen LogP contribution < -0.4 is 5.32 Å². The fourth-order valence-corrected chi connectivity index (χ4v) is 2.31. The zero-order chi connectivity index (χ0) is 16.8. The van der Waals surface area contributed by atoms with Crippen molar-refractivity contribution in [1.82, 2.24) is 5.32 Å². The van der Waals surface area contributed by atoms with E-state index in [9.17, 15) is 14.0 Å². The van der Waals surface area contributed by atoms with E-state index in [0.717, 1.165) is 11.6 Å². The quantitative estimate of drug-likeness (QED) is 0.807. The molecule has 0 aliphatic rings. The highest BCUT2D eigenvalue weighted by atomic mass is 79.9. The lowest BCUT2D eigenvalue weighted by Gasteiger charge is -2.14. The Hall–Kier alpha value is -2.21. The second kappa shape index (κ2) is 7.87. The number of carbonyl (C=O) groups excluding carboxylic acids is 2. The summed E-state index contributed by atoms with van der Waals surface area (Å²) < 4.78 is 19.0. The van der Waals surface area contributed by atoms with Gasteiger partial charge in [-0.1, -0.05) is 46.3 Å². The standard InChI is InChI=1S/C17H15BrFNO3/c1-11(12-5-3-2-4-6-12)20-16(21)10-23-17(22)14-8-7-13(18)9-15(14)19/h2-9,11H,10H2,1H3,(H,20,21)/t11-/m0/s1. The van der Waals surface area contributed by atoms with Crippen molar-refractivity contribution in [2.75, 3.05) is 6.61 Å². The van der Waals surface area contributed by atoms with Crippen LogP contribution in [0.2, 0.25) is 0 Å². The molecule has 0 spiro atoms. The van der Waals surface area contributed by atoms with Crippen LogP contribution in [-0.2, 0) is 9.53 Å². The summed E-state index contributed by atoms with van der Waals surface area (Å²) in [4.78, 5) is 23.6. The fourth-order valence-electron chi connectivity index (χ4n) is 1.97. The molecule has 1 atom stereocenters. The van der Waals surface area contributed by atoms with E-state index in [1.807, 2.05) is 37.3 Å². The van der Waals surface area contributed by atoms with Gasteiger partial charge in [-0.25, -0.2) is 9.18 Å². The van der Waals surface area contributed by atoms with Gasteiger partial charge >= 0.3 is 5.97 Å². The first-order chi connectivity index (χ1) is 11.0. The molecule has 0 unspecified atom stereocenters. The van der Waals surface area contributed by atoms with E-state index in [1.54, 1.807) is 0 Å². The van der Waals surface area contributed by atoms with Gasteiger partial charge in [-0.05, 0) is 30.7 Å². The van der Waals surface area contributed by atoms with Crippen LogP contribution in [0.5, 0.6) is 0 Å². The van der Waals surface area contributed by atoms with Crippen molar-refractivity contribution in [2.24, 2.45) is 0 Å². The minimum absolute atomic E-state index is 0.211. The SMILES string of the molecule is C[C@H](NC(=O)COC(=O)c1ccc(Br)cc1F)c1ccccc1. The molecule has 0 radical (unpaired) electrons. The third-order valence-corrected chi connectivity index (χ3v) is 3.66. The summed E-state index contributed by atoms with van der Waals surface area (Å²) in [5.74, 6) is -2.04. The molecule has 4 nitrogen and oxygen atoms in total. The zero-order valence-electron chi connectivity index (χ0n) is 12.4. The van der Waals surface area contributed by atoms with Crippen LogP contribution in [-0.4, -0.2) is 18.5 Å². The third kappa shape index (κ3) is 4.89. The Bertz CT molecular complexity index is 706. The van der Waals surface area contributed by atoms with E-state index in [1.165, 1.54) is 12.1 Å².